The minimum atomic E-state index is -1.37. The Morgan fingerprint density at radius 2 is 1.58 bits per heavy atom. The van der Waals surface area contributed by atoms with Crippen LogP contribution in [0.25, 0.3) is 0 Å². The van der Waals surface area contributed by atoms with Crippen molar-refractivity contribution < 1.29 is 33.4 Å². The van der Waals surface area contributed by atoms with E-state index in [1.807, 2.05) is 0 Å². The Morgan fingerprint density at radius 1 is 1.03 bits per heavy atom. The molecule has 0 saturated carbocycles. The number of amides is 4. The number of hydrogen-bond acceptors (Lipinski definition) is 7. The summed E-state index contributed by atoms with van der Waals surface area (Å²) in [6.45, 7) is 16.5. The van der Waals surface area contributed by atoms with Gasteiger partial charge in [-0.1, -0.05) is 27.4 Å². The molecular formula is C21H33N3O7. The Hall–Kier alpha value is -2.91. The minimum absolute atomic E-state index is 0.394. The number of hydrogen-bond donors (Lipinski definition) is 2. The number of Topliss-reactive ketones (excluding diaryl/α,β-unsaturated/α-hetero) is 1. The highest BCUT2D eigenvalue weighted by Gasteiger charge is 2.52. The largest absolute Gasteiger partial charge is 0.443 e. The summed E-state index contributed by atoms with van der Waals surface area (Å²) in [6, 6.07) is -1.08. The molecule has 1 rings (SSSR count). The highest BCUT2D eigenvalue weighted by molar-refractivity contribution is 6.16. The standard InChI is InChI=1S/C21H33N3O7/c1-10-21(8,9)31-18(28)22-14(11(2)3)15(25)13-12(4)16(26)24(17(13)27)23-19(29)30-20(5,6)7/h10-14H,1H2,2-9H3,(H,22,28)(H,23,29)/t12-,13+,14-/m0/s1. The van der Waals surface area contributed by atoms with Crippen LogP contribution < -0.4 is 10.7 Å². The van der Waals surface area contributed by atoms with E-state index in [0.29, 0.717) is 5.01 Å². The number of imide groups is 1. The van der Waals surface area contributed by atoms with Crippen molar-refractivity contribution in [2.75, 3.05) is 0 Å². The van der Waals surface area contributed by atoms with Gasteiger partial charge in [0.15, 0.2) is 5.78 Å². The molecule has 0 spiro atoms. The van der Waals surface area contributed by atoms with Crippen LogP contribution in [0, 0.1) is 17.8 Å². The maximum atomic E-state index is 13.2. The molecule has 10 nitrogen and oxygen atoms in total. The average Bonchev–Trinajstić information content (AvgIpc) is 2.80. The van der Waals surface area contributed by atoms with Gasteiger partial charge in [-0.15, -0.1) is 0 Å². The molecule has 1 fully saturated rings. The zero-order valence-electron chi connectivity index (χ0n) is 19.4. The number of carbonyl (C=O) groups is 5. The van der Waals surface area contributed by atoms with Gasteiger partial charge in [-0.3, -0.25) is 14.4 Å². The van der Waals surface area contributed by atoms with Crippen molar-refractivity contribution in [2.45, 2.75) is 72.6 Å². The predicted octanol–water partition coefficient (Wildman–Crippen LogP) is 2.33. The lowest BCUT2D eigenvalue weighted by molar-refractivity contribution is -0.144. The Bertz CT molecular complexity index is 767. The van der Waals surface area contributed by atoms with E-state index >= 15 is 0 Å². The summed E-state index contributed by atoms with van der Waals surface area (Å²) in [5.74, 6) is -5.08. The minimum Gasteiger partial charge on any atom is -0.443 e. The molecule has 10 heteroatoms. The normalized spacial score (nSPS) is 20.4. The fraction of sp³-hybridized carbons (Fsp3) is 0.667. The second-order valence-corrected chi connectivity index (χ2v) is 9.36. The molecule has 1 heterocycles. The summed E-state index contributed by atoms with van der Waals surface area (Å²) in [7, 11) is 0. The predicted molar refractivity (Wildman–Crippen MR) is 111 cm³/mol. The molecule has 31 heavy (non-hydrogen) atoms. The molecule has 0 aliphatic carbocycles. The molecule has 1 saturated heterocycles. The van der Waals surface area contributed by atoms with Crippen molar-refractivity contribution in [3.05, 3.63) is 12.7 Å². The maximum Gasteiger partial charge on any atom is 0.427 e. The third-order valence-corrected chi connectivity index (χ3v) is 4.60. The van der Waals surface area contributed by atoms with E-state index in [0.717, 1.165) is 0 Å². The molecule has 1 aliphatic rings. The molecule has 3 atom stereocenters. The van der Waals surface area contributed by atoms with Crippen LogP contribution in [0.2, 0.25) is 0 Å². The van der Waals surface area contributed by atoms with Crippen LogP contribution >= 0.6 is 0 Å². The van der Waals surface area contributed by atoms with Crippen molar-refractivity contribution in [2.24, 2.45) is 17.8 Å². The monoisotopic (exact) mass is 439 g/mol. The third kappa shape index (κ3) is 6.80. The first-order valence-electron chi connectivity index (χ1n) is 10.0. The van der Waals surface area contributed by atoms with E-state index in [9.17, 15) is 24.0 Å². The second-order valence-electron chi connectivity index (χ2n) is 9.36. The van der Waals surface area contributed by atoms with Crippen LogP contribution in [-0.4, -0.2) is 52.0 Å². The summed E-state index contributed by atoms with van der Waals surface area (Å²) in [5.41, 5.74) is 0.288. The van der Waals surface area contributed by atoms with Crippen LogP contribution in [-0.2, 0) is 23.9 Å². The first kappa shape index (κ1) is 26.1. The molecule has 4 amide bonds. The van der Waals surface area contributed by atoms with Gasteiger partial charge >= 0.3 is 12.2 Å². The van der Waals surface area contributed by atoms with Gasteiger partial charge in [0, 0.05) is 0 Å². The van der Waals surface area contributed by atoms with Gasteiger partial charge in [0.05, 0.1) is 12.0 Å². The van der Waals surface area contributed by atoms with E-state index in [1.54, 1.807) is 48.5 Å². The third-order valence-electron chi connectivity index (χ3n) is 4.60. The number of rotatable bonds is 7. The topological polar surface area (TPSA) is 131 Å². The van der Waals surface area contributed by atoms with E-state index in [1.165, 1.54) is 13.0 Å². The van der Waals surface area contributed by atoms with Crippen LogP contribution in [0.1, 0.15) is 55.4 Å². The lowest BCUT2D eigenvalue weighted by atomic mass is 9.85. The fourth-order valence-corrected chi connectivity index (χ4v) is 2.88. The molecule has 2 N–H and O–H groups in total. The Labute approximate surface area is 182 Å². The smallest absolute Gasteiger partial charge is 0.427 e. The van der Waals surface area contributed by atoms with Crippen LogP contribution in [0.4, 0.5) is 9.59 Å². The van der Waals surface area contributed by atoms with Crippen LogP contribution in [0.5, 0.6) is 0 Å². The molecule has 0 radical (unpaired) electrons. The van der Waals surface area contributed by atoms with Crippen molar-refractivity contribution >= 4 is 29.8 Å². The van der Waals surface area contributed by atoms with Crippen molar-refractivity contribution in [3.63, 3.8) is 0 Å². The Morgan fingerprint density at radius 3 is 2.03 bits per heavy atom. The van der Waals surface area contributed by atoms with Crippen LogP contribution in [0.15, 0.2) is 12.7 Å². The van der Waals surface area contributed by atoms with Crippen molar-refractivity contribution in [3.8, 4) is 0 Å². The number of nitrogens with zero attached hydrogens (tertiary/aromatic N) is 1. The first-order valence-corrected chi connectivity index (χ1v) is 10.0. The summed E-state index contributed by atoms with van der Waals surface area (Å²) >= 11 is 0. The zero-order valence-corrected chi connectivity index (χ0v) is 19.4. The lowest BCUT2D eigenvalue weighted by Gasteiger charge is -2.27. The second kappa shape index (κ2) is 9.49. The maximum absolute atomic E-state index is 13.2. The number of ether oxygens (including phenoxy) is 2. The number of carbonyl (C=O) groups excluding carboxylic acids is 5. The highest BCUT2D eigenvalue weighted by Crippen LogP contribution is 2.28. The van der Waals surface area contributed by atoms with E-state index < -0.39 is 64.8 Å². The summed E-state index contributed by atoms with van der Waals surface area (Å²) in [5, 5.41) is 2.97. The van der Waals surface area contributed by atoms with Gasteiger partial charge in [-0.05, 0) is 46.6 Å². The van der Waals surface area contributed by atoms with E-state index in [4.69, 9.17) is 9.47 Å². The Balaban J connectivity index is 3.02. The van der Waals surface area contributed by atoms with Gasteiger partial charge in [0.1, 0.15) is 17.1 Å². The van der Waals surface area contributed by atoms with Gasteiger partial charge < -0.3 is 14.8 Å². The SMILES string of the molecule is C=CC(C)(C)OC(=O)N[C@H](C(=O)[C@@H]1C(=O)N(NC(=O)OC(C)(C)C)C(=O)[C@H]1C)C(C)C. The van der Waals surface area contributed by atoms with Gasteiger partial charge in [0.2, 0.25) is 0 Å². The van der Waals surface area contributed by atoms with Gasteiger partial charge in [0.25, 0.3) is 11.8 Å². The van der Waals surface area contributed by atoms with Crippen LogP contribution in [0.3, 0.4) is 0 Å². The summed E-state index contributed by atoms with van der Waals surface area (Å²) in [6.07, 6.45) is -0.423. The van der Waals surface area contributed by atoms with E-state index in [-0.39, 0.29) is 0 Å². The fourth-order valence-electron chi connectivity index (χ4n) is 2.88. The molecule has 0 aromatic carbocycles. The molecule has 174 valence electrons. The molecule has 0 aromatic rings. The number of alkyl carbamates (subject to hydrolysis) is 1. The molecule has 0 bridgehead atoms. The van der Waals surface area contributed by atoms with Crippen molar-refractivity contribution in [1.82, 2.24) is 15.8 Å². The lowest BCUT2D eigenvalue weighted by Crippen LogP contribution is -2.51. The Kier molecular flexibility index (Phi) is 7.99. The zero-order chi connectivity index (χ0) is 24.3. The van der Waals surface area contributed by atoms with Gasteiger partial charge in [-0.25, -0.2) is 15.0 Å². The molecule has 1 aliphatic heterocycles. The number of ketones is 1. The van der Waals surface area contributed by atoms with Gasteiger partial charge in [-0.2, -0.15) is 5.01 Å². The van der Waals surface area contributed by atoms with Crippen molar-refractivity contribution in [1.29, 1.82) is 0 Å². The van der Waals surface area contributed by atoms with E-state index in [2.05, 4.69) is 17.3 Å². The number of hydrazine groups is 1. The summed E-state index contributed by atoms with van der Waals surface area (Å²) < 4.78 is 10.3. The summed E-state index contributed by atoms with van der Waals surface area (Å²) in [4.78, 5) is 62.7. The molecule has 0 unspecified atom stereocenters. The number of nitrogens with one attached hydrogen (secondary N) is 2. The first-order chi connectivity index (χ1) is 14.0. The quantitative estimate of drug-likeness (QED) is 0.353. The highest BCUT2D eigenvalue weighted by atomic mass is 16.6. The average molecular weight is 440 g/mol. The molecule has 0 aromatic heterocycles. The molecular weight excluding hydrogens is 406 g/mol.